The molecule has 1 aliphatic rings. The molecule has 5 rings (SSSR count). The topological polar surface area (TPSA) is 172 Å². The molecule has 4 aromatic carbocycles. The van der Waals surface area contributed by atoms with E-state index in [0.717, 1.165) is 39.8 Å². The number of benzene rings is 4. The predicted octanol–water partition coefficient (Wildman–Crippen LogP) is 6.15. The van der Waals surface area contributed by atoms with Gasteiger partial charge in [-0.15, -0.1) is 11.6 Å². The lowest BCUT2D eigenvalue weighted by atomic mass is 9.95. The lowest BCUT2D eigenvalue weighted by molar-refractivity contribution is -0.128. The van der Waals surface area contributed by atoms with E-state index in [9.17, 15) is 14.4 Å². The van der Waals surface area contributed by atoms with Crippen LogP contribution >= 0.6 is 11.6 Å². The molecular weight excluding hydrogens is 762 g/mol. The molecule has 58 heavy (non-hydrogen) atoms. The summed E-state index contributed by atoms with van der Waals surface area (Å²) in [4.78, 5) is 39.6. The van der Waals surface area contributed by atoms with Gasteiger partial charge in [0.25, 0.3) is 5.91 Å². The molecule has 0 fully saturated rings. The highest BCUT2D eigenvalue weighted by Crippen LogP contribution is 2.43. The number of hydrogen-bond acceptors (Lipinski definition) is 11. The van der Waals surface area contributed by atoms with E-state index in [4.69, 9.17) is 41.0 Å². The number of carbonyl (C=O) groups is 3. The Kier molecular flexibility index (Phi) is 17.9. The van der Waals surface area contributed by atoms with Crippen molar-refractivity contribution in [3.8, 4) is 5.75 Å². The van der Waals surface area contributed by atoms with E-state index in [1.165, 1.54) is 0 Å². The van der Waals surface area contributed by atoms with Crippen molar-refractivity contribution in [3.63, 3.8) is 0 Å². The molecule has 0 spiro atoms. The van der Waals surface area contributed by atoms with Gasteiger partial charge < -0.3 is 50.7 Å². The van der Waals surface area contributed by atoms with Gasteiger partial charge in [-0.25, -0.2) is 4.79 Å². The van der Waals surface area contributed by atoms with Gasteiger partial charge in [-0.2, -0.15) is 0 Å². The fourth-order valence-corrected chi connectivity index (χ4v) is 6.91. The number of fused-ring (bicyclic) bond motifs is 3. The number of hydrogen-bond donors (Lipinski definition) is 5. The molecule has 0 saturated carbocycles. The third-order valence-corrected chi connectivity index (χ3v) is 10.0. The van der Waals surface area contributed by atoms with Gasteiger partial charge in [0, 0.05) is 72.8 Å². The molecule has 0 radical (unpaired) electrons. The van der Waals surface area contributed by atoms with Crippen LogP contribution in [0.2, 0.25) is 0 Å². The molecule has 1 heterocycles. The lowest BCUT2D eigenvalue weighted by Gasteiger charge is -2.22. The van der Waals surface area contributed by atoms with Gasteiger partial charge in [0.2, 0.25) is 6.10 Å². The molecule has 312 valence electrons. The third kappa shape index (κ3) is 13.0. The first kappa shape index (κ1) is 44.2. The number of alkyl carbamates (subject to hydrolysis) is 1. The van der Waals surface area contributed by atoms with E-state index in [1.54, 1.807) is 0 Å². The normalized spacial score (nSPS) is 14.3. The maximum atomic E-state index is 13.9. The highest BCUT2D eigenvalue weighted by Gasteiger charge is 2.29. The Balaban J connectivity index is 1.20. The fourth-order valence-electron chi connectivity index (χ4n) is 6.65. The number of rotatable bonds is 25. The molecule has 4 aromatic rings. The Bertz CT molecular complexity index is 1900. The average molecular weight is 818 g/mol. The van der Waals surface area contributed by atoms with Crippen LogP contribution in [0.1, 0.15) is 49.0 Å². The van der Waals surface area contributed by atoms with Crippen molar-refractivity contribution in [2.75, 3.05) is 82.3 Å². The van der Waals surface area contributed by atoms with Crippen molar-refractivity contribution < 1.29 is 38.1 Å². The molecule has 6 N–H and O–H groups in total. The fraction of sp³-hybridized carbons (Fsp3) is 0.432. The highest BCUT2D eigenvalue weighted by atomic mass is 35.5. The summed E-state index contributed by atoms with van der Waals surface area (Å²) in [6.45, 7) is 8.18. The first-order valence-corrected chi connectivity index (χ1v) is 20.4. The van der Waals surface area contributed by atoms with Crippen molar-refractivity contribution in [2.45, 2.75) is 44.9 Å². The number of ketones is 1. The summed E-state index contributed by atoms with van der Waals surface area (Å²) in [5, 5.41) is 14.4. The summed E-state index contributed by atoms with van der Waals surface area (Å²) in [6, 6.07) is 26.0. The van der Waals surface area contributed by atoms with Gasteiger partial charge in [0.15, 0.2) is 5.78 Å². The monoisotopic (exact) mass is 817 g/mol. The lowest BCUT2D eigenvalue weighted by Crippen LogP contribution is -2.45. The van der Waals surface area contributed by atoms with Crippen molar-refractivity contribution >= 4 is 51.5 Å². The van der Waals surface area contributed by atoms with E-state index in [1.807, 2.05) is 92.7 Å². The zero-order valence-corrected chi connectivity index (χ0v) is 34.1. The predicted molar refractivity (Wildman–Crippen MR) is 227 cm³/mol. The molecule has 13 nitrogen and oxygen atoms in total. The Labute approximate surface area is 345 Å². The van der Waals surface area contributed by atoms with Crippen LogP contribution in [0.3, 0.4) is 0 Å². The standard InChI is InChI=1S/C44H56ClN5O8/c1-30(2)41(50-44(53)57-29-31-8-4-3-5-9-31)38(51)16-18-47-34-14-12-32(13-15-34)42(43(52)48-19-21-55-23-25-56-24-22-54-20-17-46)58-39-26-37-40(33(27-45)28-49-37)36-11-7-6-10-35(36)39/h3-15,26,30,33,41-42,47,49H,16-25,27-29,46H2,1-2H3,(H,48,52)(H,50,53)/t33-,41+,42?/m1/s1. The van der Waals surface area contributed by atoms with Gasteiger partial charge in [-0.3, -0.25) is 9.59 Å². The second kappa shape index (κ2) is 23.5. The molecule has 14 heteroatoms. The quantitative estimate of drug-likeness (QED) is 0.0384. The maximum absolute atomic E-state index is 13.9. The van der Waals surface area contributed by atoms with E-state index >= 15 is 0 Å². The zero-order chi connectivity index (χ0) is 41.1. The Morgan fingerprint density at radius 2 is 1.52 bits per heavy atom. The van der Waals surface area contributed by atoms with Crippen molar-refractivity contribution in [1.82, 2.24) is 10.6 Å². The number of amides is 2. The molecule has 3 atom stereocenters. The summed E-state index contributed by atoms with van der Waals surface area (Å²) < 4.78 is 28.4. The number of nitrogens with one attached hydrogen (secondary N) is 4. The summed E-state index contributed by atoms with van der Waals surface area (Å²) in [6.07, 6.45) is -1.44. The number of halogens is 1. The van der Waals surface area contributed by atoms with Gasteiger partial charge >= 0.3 is 6.09 Å². The summed E-state index contributed by atoms with van der Waals surface area (Å²) >= 11 is 6.34. The number of nitrogens with two attached hydrogens (primary N) is 1. The number of alkyl halides is 1. The van der Waals surface area contributed by atoms with E-state index in [0.29, 0.717) is 69.9 Å². The van der Waals surface area contributed by atoms with Crippen LogP contribution in [-0.4, -0.2) is 95.5 Å². The van der Waals surface area contributed by atoms with Gasteiger partial charge in [-0.1, -0.05) is 80.6 Å². The van der Waals surface area contributed by atoms with Crippen LogP contribution in [0.4, 0.5) is 16.2 Å². The van der Waals surface area contributed by atoms with Crippen LogP contribution in [0, 0.1) is 5.92 Å². The SMILES string of the molecule is CC(C)[C@H](NC(=O)OCc1ccccc1)C(=O)CCNc1ccc(C(Oc2cc3c(c4ccccc24)[C@H](CCl)CN3)C(=O)NCCOCCOCCOCCN)cc1. The van der Waals surface area contributed by atoms with Gasteiger partial charge in [-0.05, 0) is 34.6 Å². The number of Topliss-reactive ketones (excluding diaryl/α,β-unsaturated/α-hetero) is 1. The van der Waals surface area contributed by atoms with Crippen molar-refractivity contribution in [1.29, 1.82) is 0 Å². The third-order valence-electron chi connectivity index (χ3n) is 9.63. The summed E-state index contributed by atoms with van der Waals surface area (Å²) in [5.41, 5.74) is 9.76. The highest BCUT2D eigenvalue weighted by molar-refractivity contribution is 6.18. The minimum Gasteiger partial charge on any atom is -0.475 e. The van der Waals surface area contributed by atoms with Gasteiger partial charge in [0.05, 0.1) is 45.7 Å². The van der Waals surface area contributed by atoms with Crippen LogP contribution in [0.25, 0.3) is 10.8 Å². The zero-order valence-electron chi connectivity index (χ0n) is 33.3. The molecule has 1 aliphatic heterocycles. The van der Waals surface area contributed by atoms with Gasteiger partial charge in [0.1, 0.15) is 12.4 Å². The maximum Gasteiger partial charge on any atom is 0.408 e. The van der Waals surface area contributed by atoms with Crippen LogP contribution in [0.15, 0.2) is 84.9 Å². The van der Waals surface area contributed by atoms with Crippen LogP contribution < -0.4 is 31.7 Å². The molecule has 1 unspecified atom stereocenters. The second-order valence-electron chi connectivity index (χ2n) is 14.2. The molecular formula is C44H56ClN5O8. The summed E-state index contributed by atoms with van der Waals surface area (Å²) in [7, 11) is 0. The van der Waals surface area contributed by atoms with Crippen molar-refractivity contribution in [2.24, 2.45) is 11.7 Å². The number of carbonyl (C=O) groups excluding carboxylic acids is 3. The average Bonchev–Trinajstić information content (AvgIpc) is 3.67. The van der Waals surface area contributed by atoms with Crippen LogP contribution in [0.5, 0.6) is 5.75 Å². The Morgan fingerprint density at radius 1 is 0.845 bits per heavy atom. The second-order valence-corrected chi connectivity index (χ2v) is 14.5. The number of ether oxygens (including phenoxy) is 5. The minimum atomic E-state index is -0.987. The van der Waals surface area contributed by atoms with E-state index in [-0.39, 0.29) is 43.1 Å². The van der Waals surface area contributed by atoms with Crippen LogP contribution in [-0.2, 0) is 35.1 Å². The van der Waals surface area contributed by atoms with Crippen molar-refractivity contribution in [3.05, 3.63) is 102 Å². The molecule has 0 saturated heterocycles. The Hall–Kier alpha value is -4.92. The van der Waals surface area contributed by atoms with E-state index in [2.05, 4.69) is 27.3 Å². The first-order chi connectivity index (χ1) is 28.3. The van der Waals surface area contributed by atoms with E-state index < -0.39 is 18.2 Å². The molecule has 0 bridgehead atoms. The largest absolute Gasteiger partial charge is 0.475 e. The summed E-state index contributed by atoms with van der Waals surface area (Å²) in [5.74, 6) is 0.651. The number of anilines is 2. The molecule has 2 amide bonds. The smallest absolute Gasteiger partial charge is 0.408 e. The molecule has 0 aliphatic carbocycles. The minimum absolute atomic E-state index is 0.112. The molecule has 0 aromatic heterocycles. The first-order valence-electron chi connectivity index (χ1n) is 19.9. The Morgan fingerprint density at radius 3 is 2.21 bits per heavy atom.